The maximum atomic E-state index is 12.0. The Labute approximate surface area is 123 Å². The Hall–Kier alpha value is -0.320. The first-order valence-corrected chi connectivity index (χ1v) is 7.19. The number of nitrogens with zero attached hydrogens (tertiary/aromatic N) is 1. The molecule has 0 aliphatic carbocycles. The largest absolute Gasteiger partial charge is 0.352 e. The molecule has 1 rings (SSSR count). The normalized spacial score (nSPS) is 25.8. The van der Waals surface area contributed by atoms with Crippen LogP contribution in [0.5, 0.6) is 0 Å². The summed E-state index contributed by atoms with van der Waals surface area (Å²) in [6.07, 6.45) is 2.40. The van der Waals surface area contributed by atoms with Crippen molar-refractivity contribution in [1.29, 1.82) is 0 Å². The lowest BCUT2D eigenvalue weighted by Crippen LogP contribution is -2.53. The van der Waals surface area contributed by atoms with Crippen molar-refractivity contribution in [3.05, 3.63) is 0 Å². The van der Waals surface area contributed by atoms with Gasteiger partial charge in [-0.1, -0.05) is 20.8 Å². The van der Waals surface area contributed by atoms with Crippen molar-refractivity contribution < 1.29 is 4.79 Å². The monoisotopic (exact) mass is 291 g/mol. The molecule has 0 spiro atoms. The Balaban J connectivity index is 0.00000324. The van der Waals surface area contributed by atoms with Crippen molar-refractivity contribution in [2.45, 2.75) is 52.6 Å². The van der Waals surface area contributed by atoms with Gasteiger partial charge in [0.2, 0.25) is 5.91 Å². The minimum Gasteiger partial charge on any atom is -0.352 e. The lowest BCUT2D eigenvalue weighted by molar-refractivity contribution is -0.124. The van der Waals surface area contributed by atoms with Crippen molar-refractivity contribution >= 4 is 18.3 Å². The van der Waals surface area contributed by atoms with Gasteiger partial charge in [0, 0.05) is 18.6 Å². The van der Waals surface area contributed by atoms with Gasteiger partial charge in [-0.05, 0) is 38.1 Å². The molecular weight excluding hydrogens is 262 g/mol. The number of likely N-dealkylation sites (tertiary alicyclic amines) is 1. The second-order valence-electron chi connectivity index (χ2n) is 5.99. The zero-order valence-corrected chi connectivity index (χ0v) is 13.5. The summed E-state index contributed by atoms with van der Waals surface area (Å²) in [6, 6.07) is 0.592. The van der Waals surface area contributed by atoms with Crippen LogP contribution in [-0.2, 0) is 4.79 Å². The summed E-state index contributed by atoms with van der Waals surface area (Å²) in [5.74, 6) is 1.20. The van der Waals surface area contributed by atoms with E-state index in [4.69, 9.17) is 5.73 Å². The number of halogens is 1. The predicted octanol–water partition coefficient (Wildman–Crippen LogP) is 1.63. The van der Waals surface area contributed by atoms with Crippen LogP contribution >= 0.6 is 12.4 Å². The highest BCUT2D eigenvalue weighted by Crippen LogP contribution is 2.22. The first-order chi connectivity index (χ1) is 8.45. The van der Waals surface area contributed by atoms with Crippen molar-refractivity contribution in [2.24, 2.45) is 17.6 Å². The molecule has 0 aromatic rings. The minimum absolute atomic E-state index is 0. The molecule has 3 atom stereocenters. The quantitative estimate of drug-likeness (QED) is 0.809. The number of hydrogen-bond donors (Lipinski definition) is 2. The summed E-state index contributed by atoms with van der Waals surface area (Å²) in [5.41, 5.74) is 5.84. The highest BCUT2D eigenvalue weighted by molar-refractivity contribution is 5.85. The average molecular weight is 292 g/mol. The molecule has 114 valence electrons. The van der Waals surface area contributed by atoms with Crippen LogP contribution < -0.4 is 11.1 Å². The van der Waals surface area contributed by atoms with E-state index in [1.54, 1.807) is 0 Å². The fourth-order valence-electron chi connectivity index (χ4n) is 2.56. The first kappa shape index (κ1) is 18.7. The van der Waals surface area contributed by atoms with Crippen LogP contribution in [0.2, 0.25) is 0 Å². The summed E-state index contributed by atoms with van der Waals surface area (Å²) in [5, 5.41) is 3.06. The summed E-state index contributed by atoms with van der Waals surface area (Å²) in [4.78, 5) is 14.2. The van der Waals surface area contributed by atoms with Gasteiger partial charge in [-0.25, -0.2) is 0 Å². The van der Waals surface area contributed by atoms with E-state index in [9.17, 15) is 4.79 Å². The molecule has 0 radical (unpaired) electrons. The standard InChI is InChI=1S/C14H29N3O.ClH/c1-10(2)12(4)16-14(18)9-17-7-5-6-11(3)13(17)8-15;/h10-13H,5-9,15H2,1-4H3,(H,16,18);1H. The Morgan fingerprint density at radius 2 is 2.05 bits per heavy atom. The zero-order valence-electron chi connectivity index (χ0n) is 12.7. The molecule has 1 aliphatic heterocycles. The summed E-state index contributed by atoms with van der Waals surface area (Å²) >= 11 is 0. The molecule has 5 heteroatoms. The number of carbonyl (C=O) groups excluding carboxylic acids is 1. The van der Waals surface area contributed by atoms with E-state index in [1.807, 2.05) is 0 Å². The molecule has 3 N–H and O–H groups in total. The summed E-state index contributed by atoms with van der Waals surface area (Å²) in [7, 11) is 0. The molecule has 1 aliphatic rings. The maximum absolute atomic E-state index is 12.0. The lowest BCUT2D eigenvalue weighted by Gasteiger charge is -2.39. The highest BCUT2D eigenvalue weighted by Gasteiger charge is 2.28. The van der Waals surface area contributed by atoms with Crippen LogP contribution in [-0.4, -0.2) is 42.5 Å². The molecular formula is C14H30ClN3O. The van der Waals surface area contributed by atoms with Crippen LogP contribution in [0.15, 0.2) is 0 Å². The van der Waals surface area contributed by atoms with Crippen molar-refractivity contribution in [3.63, 3.8) is 0 Å². The predicted molar refractivity (Wildman–Crippen MR) is 82.5 cm³/mol. The Bertz CT molecular complexity index is 273. The van der Waals surface area contributed by atoms with Crippen LogP contribution in [0.1, 0.15) is 40.5 Å². The van der Waals surface area contributed by atoms with E-state index in [1.165, 1.54) is 12.8 Å². The highest BCUT2D eigenvalue weighted by atomic mass is 35.5. The molecule has 0 saturated carbocycles. The summed E-state index contributed by atoms with van der Waals surface area (Å²) in [6.45, 7) is 10.7. The molecule has 1 amide bonds. The van der Waals surface area contributed by atoms with E-state index in [2.05, 4.69) is 37.9 Å². The fourth-order valence-corrected chi connectivity index (χ4v) is 2.56. The van der Waals surface area contributed by atoms with E-state index in [-0.39, 0.29) is 24.4 Å². The lowest BCUT2D eigenvalue weighted by atomic mass is 9.91. The topological polar surface area (TPSA) is 58.4 Å². The molecule has 0 bridgehead atoms. The van der Waals surface area contributed by atoms with E-state index < -0.39 is 0 Å². The molecule has 1 fully saturated rings. The number of rotatable bonds is 5. The number of nitrogens with two attached hydrogens (primary N) is 1. The smallest absolute Gasteiger partial charge is 0.234 e. The number of piperidine rings is 1. The van der Waals surface area contributed by atoms with Crippen molar-refractivity contribution in [3.8, 4) is 0 Å². The Kier molecular flexibility index (Phi) is 8.62. The number of amides is 1. The zero-order chi connectivity index (χ0) is 13.7. The molecule has 1 saturated heterocycles. The Morgan fingerprint density at radius 3 is 2.58 bits per heavy atom. The van der Waals surface area contributed by atoms with Gasteiger partial charge >= 0.3 is 0 Å². The van der Waals surface area contributed by atoms with Gasteiger partial charge in [-0.3, -0.25) is 9.69 Å². The first-order valence-electron chi connectivity index (χ1n) is 7.19. The number of carbonyl (C=O) groups is 1. The number of nitrogens with one attached hydrogen (secondary N) is 1. The van der Waals surface area contributed by atoms with Gasteiger partial charge in [-0.2, -0.15) is 0 Å². The third kappa shape index (κ3) is 5.67. The van der Waals surface area contributed by atoms with Gasteiger partial charge in [0.1, 0.15) is 0 Å². The number of hydrogen-bond acceptors (Lipinski definition) is 3. The van der Waals surface area contributed by atoms with Crippen LogP contribution in [0.3, 0.4) is 0 Å². The molecule has 1 heterocycles. The molecule has 3 unspecified atom stereocenters. The second-order valence-corrected chi connectivity index (χ2v) is 5.99. The third-order valence-electron chi connectivity index (χ3n) is 4.21. The van der Waals surface area contributed by atoms with Crippen molar-refractivity contribution in [2.75, 3.05) is 19.6 Å². The molecule has 0 aromatic carbocycles. The van der Waals surface area contributed by atoms with Crippen LogP contribution in [0.4, 0.5) is 0 Å². The van der Waals surface area contributed by atoms with Crippen molar-refractivity contribution in [1.82, 2.24) is 10.2 Å². The van der Waals surface area contributed by atoms with Gasteiger partial charge in [-0.15, -0.1) is 12.4 Å². The average Bonchev–Trinajstić information content (AvgIpc) is 2.28. The van der Waals surface area contributed by atoms with Gasteiger partial charge in [0.25, 0.3) is 0 Å². The SMILES string of the molecule is CC(C)C(C)NC(=O)CN1CCCC(C)C1CN.Cl. The minimum atomic E-state index is 0. The van der Waals surface area contributed by atoms with Gasteiger partial charge in [0.05, 0.1) is 6.54 Å². The maximum Gasteiger partial charge on any atom is 0.234 e. The van der Waals surface area contributed by atoms with E-state index in [0.29, 0.717) is 31.0 Å². The fraction of sp³-hybridized carbons (Fsp3) is 0.929. The third-order valence-corrected chi connectivity index (χ3v) is 4.21. The van der Waals surface area contributed by atoms with Gasteiger partial charge < -0.3 is 11.1 Å². The summed E-state index contributed by atoms with van der Waals surface area (Å²) < 4.78 is 0. The second kappa shape index (κ2) is 8.77. The van der Waals surface area contributed by atoms with Crippen LogP contribution in [0.25, 0.3) is 0 Å². The Morgan fingerprint density at radius 1 is 1.42 bits per heavy atom. The van der Waals surface area contributed by atoms with E-state index >= 15 is 0 Å². The molecule has 4 nitrogen and oxygen atoms in total. The van der Waals surface area contributed by atoms with Crippen LogP contribution in [0, 0.1) is 11.8 Å². The van der Waals surface area contributed by atoms with Gasteiger partial charge in [0.15, 0.2) is 0 Å². The van der Waals surface area contributed by atoms with E-state index in [0.717, 1.165) is 6.54 Å². The molecule has 19 heavy (non-hydrogen) atoms. The molecule has 0 aromatic heterocycles.